The first-order valence-corrected chi connectivity index (χ1v) is 6.06. The van der Waals surface area contributed by atoms with Crippen LogP contribution in [0.3, 0.4) is 0 Å². The molecule has 0 saturated carbocycles. The Labute approximate surface area is 93.4 Å². The Hall–Kier alpha value is -0.790. The molecule has 88 valence electrons. The van der Waals surface area contributed by atoms with Gasteiger partial charge in [0.15, 0.2) is 0 Å². The highest BCUT2D eigenvalue weighted by molar-refractivity contribution is 5.79. The number of carboxylic acid groups (broad SMARTS) is 1. The van der Waals surface area contributed by atoms with Gasteiger partial charge in [-0.3, -0.25) is 0 Å². The van der Waals surface area contributed by atoms with Gasteiger partial charge in [0.25, 0.3) is 0 Å². The highest BCUT2D eigenvalue weighted by Gasteiger charge is 1.99. The number of hydrogen-bond donors (Lipinski definition) is 1. The van der Waals surface area contributed by atoms with E-state index in [0.717, 1.165) is 6.42 Å². The fourth-order valence-corrected chi connectivity index (χ4v) is 1.62. The molecule has 0 rings (SSSR count). The van der Waals surface area contributed by atoms with E-state index in [1.807, 2.05) is 0 Å². The number of unbranched alkanes of at least 4 members (excludes halogenated alkanes) is 4. The number of carboxylic acids is 1. The standard InChI is InChI=1S/C13H24O2/c1-3-4-5-6-7-9-12(2)10-8-11-13(14)15/h8,11-12H,3-7,9-10H2,1-2H3,(H,14,15)/t12-/m0/s1. The largest absolute Gasteiger partial charge is 0.478 e. The second kappa shape index (κ2) is 9.75. The molecule has 0 radical (unpaired) electrons. The van der Waals surface area contributed by atoms with Crippen LogP contribution in [0.4, 0.5) is 0 Å². The zero-order valence-electron chi connectivity index (χ0n) is 10.0. The summed E-state index contributed by atoms with van der Waals surface area (Å²) in [6.45, 7) is 4.41. The summed E-state index contributed by atoms with van der Waals surface area (Å²) < 4.78 is 0. The minimum atomic E-state index is -0.842. The molecule has 0 fully saturated rings. The molecule has 0 heterocycles. The molecule has 2 heteroatoms. The minimum absolute atomic E-state index is 0.613. The normalized spacial score (nSPS) is 13.2. The van der Waals surface area contributed by atoms with Crippen LogP contribution < -0.4 is 0 Å². The molecule has 0 aliphatic rings. The molecule has 0 aromatic carbocycles. The lowest BCUT2D eigenvalue weighted by molar-refractivity contribution is -0.131. The Morgan fingerprint density at radius 3 is 2.53 bits per heavy atom. The lowest BCUT2D eigenvalue weighted by atomic mass is 9.99. The predicted molar refractivity (Wildman–Crippen MR) is 63.9 cm³/mol. The maximum Gasteiger partial charge on any atom is 0.327 e. The molecule has 0 unspecified atom stereocenters. The lowest BCUT2D eigenvalue weighted by Gasteiger charge is -2.07. The summed E-state index contributed by atoms with van der Waals surface area (Å²) >= 11 is 0. The third-order valence-corrected chi connectivity index (χ3v) is 2.60. The molecule has 0 aliphatic carbocycles. The molecule has 0 bridgehead atoms. The number of allylic oxidation sites excluding steroid dienone is 1. The number of hydrogen-bond acceptors (Lipinski definition) is 1. The molecular weight excluding hydrogens is 188 g/mol. The Morgan fingerprint density at radius 1 is 1.27 bits per heavy atom. The second-order valence-electron chi connectivity index (χ2n) is 4.28. The number of carbonyl (C=O) groups is 1. The van der Waals surface area contributed by atoms with E-state index >= 15 is 0 Å². The fraction of sp³-hybridized carbons (Fsp3) is 0.769. The van der Waals surface area contributed by atoms with Gasteiger partial charge in [0, 0.05) is 6.08 Å². The molecule has 1 N–H and O–H groups in total. The van der Waals surface area contributed by atoms with Crippen LogP contribution in [0.1, 0.15) is 58.8 Å². The van der Waals surface area contributed by atoms with E-state index in [2.05, 4.69) is 13.8 Å². The summed E-state index contributed by atoms with van der Waals surface area (Å²) in [7, 11) is 0. The van der Waals surface area contributed by atoms with Gasteiger partial charge in [0.05, 0.1) is 0 Å². The molecule has 0 aliphatic heterocycles. The smallest absolute Gasteiger partial charge is 0.327 e. The molecule has 0 amide bonds. The van der Waals surface area contributed by atoms with E-state index in [4.69, 9.17) is 5.11 Å². The SMILES string of the molecule is CCCCCCC[C@H](C)CC=CC(=O)O. The van der Waals surface area contributed by atoms with Gasteiger partial charge < -0.3 is 5.11 Å². The summed E-state index contributed by atoms with van der Waals surface area (Å²) in [6.07, 6.45) is 11.7. The van der Waals surface area contributed by atoms with Crippen LogP contribution >= 0.6 is 0 Å². The van der Waals surface area contributed by atoms with Crippen LogP contribution in [0.15, 0.2) is 12.2 Å². The number of rotatable bonds is 9. The van der Waals surface area contributed by atoms with Gasteiger partial charge in [0.1, 0.15) is 0 Å². The molecule has 2 nitrogen and oxygen atoms in total. The summed E-state index contributed by atoms with van der Waals surface area (Å²) in [5.41, 5.74) is 0. The van der Waals surface area contributed by atoms with E-state index < -0.39 is 5.97 Å². The lowest BCUT2D eigenvalue weighted by Crippen LogP contribution is -1.94. The summed E-state index contributed by atoms with van der Waals surface area (Å²) in [5, 5.41) is 8.41. The topological polar surface area (TPSA) is 37.3 Å². The molecule has 0 aromatic heterocycles. The van der Waals surface area contributed by atoms with Gasteiger partial charge in [0.2, 0.25) is 0 Å². The Morgan fingerprint density at radius 2 is 1.93 bits per heavy atom. The van der Waals surface area contributed by atoms with Gasteiger partial charge in [-0.15, -0.1) is 0 Å². The number of aliphatic carboxylic acids is 1. The van der Waals surface area contributed by atoms with Gasteiger partial charge in [-0.25, -0.2) is 4.79 Å². The Bertz CT molecular complexity index is 185. The average molecular weight is 212 g/mol. The van der Waals surface area contributed by atoms with Crippen molar-refractivity contribution in [2.75, 3.05) is 0 Å². The van der Waals surface area contributed by atoms with Crippen molar-refractivity contribution in [3.05, 3.63) is 12.2 Å². The fourth-order valence-electron chi connectivity index (χ4n) is 1.62. The highest BCUT2D eigenvalue weighted by atomic mass is 16.4. The van der Waals surface area contributed by atoms with Crippen molar-refractivity contribution >= 4 is 5.97 Å². The Balaban J connectivity index is 3.33. The highest BCUT2D eigenvalue weighted by Crippen LogP contribution is 2.14. The van der Waals surface area contributed by atoms with Crippen molar-refractivity contribution in [3.8, 4) is 0 Å². The molecule has 1 atom stereocenters. The third-order valence-electron chi connectivity index (χ3n) is 2.60. The van der Waals surface area contributed by atoms with E-state index in [9.17, 15) is 4.79 Å². The zero-order valence-corrected chi connectivity index (χ0v) is 10.0. The summed E-state index contributed by atoms with van der Waals surface area (Å²) in [6, 6.07) is 0. The van der Waals surface area contributed by atoms with Gasteiger partial charge >= 0.3 is 5.97 Å². The zero-order chi connectivity index (χ0) is 11.5. The predicted octanol–water partition coefficient (Wildman–Crippen LogP) is 4.01. The molecule has 0 aromatic rings. The van der Waals surface area contributed by atoms with Crippen molar-refractivity contribution in [1.82, 2.24) is 0 Å². The Kier molecular flexibility index (Phi) is 9.24. The summed E-state index contributed by atoms with van der Waals surface area (Å²) in [4.78, 5) is 10.2. The van der Waals surface area contributed by atoms with Crippen LogP contribution in [0, 0.1) is 5.92 Å². The maximum absolute atomic E-state index is 10.2. The molecule has 0 spiro atoms. The maximum atomic E-state index is 10.2. The molecule has 0 saturated heterocycles. The van der Waals surface area contributed by atoms with Gasteiger partial charge in [-0.05, 0) is 12.3 Å². The molecular formula is C13H24O2. The quantitative estimate of drug-likeness (QED) is 0.463. The van der Waals surface area contributed by atoms with Crippen molar-refractivity contribution in [2.45, 2.75) is 58.8 Å². The first-order valence-electron chi connectivity index (χ1n) is 6.06. The van der Waals surface area contributed by atoms with Crippen molar-refractivity contribution in [1.29, 1.82) is 0 Å². The summed E-state index contributed by atoms with van der Waals surface area (Å²) in [5.74, 6) is -0.229. The van der Waals surface area contributed by atoms with Gasteiger partial charge in [-0.2, -0.15) is 0 Å². The van der Waals surface area contributed by atoms with E-state index in [1.165, 1.54) is 44.6 Å². The van der Waals surface area contributed by atoms with Crippen LogP contribution in [-0.4, -0.2) is 11.1 Å². The first kappa shape index (κ1) is 14.2. The van der Waals surface area contributed by atoms with Gasteiger partial charge in [-0.1, -0.05) is 58.4 Å². The van der Waals surface area contributed by atoms with Crippen molar-refractivity contribution in [3.63, 3.8) is 0 Å². The second-order valence-corrected chi connectivity index (χ2v) is 4.28. The van der Waals surface area contributed by atoms with Crippen LogP contribution in [0.2, 0.25) is 0 Å². The van der Waals surface area contributed by atoms with Crippen LogP contribution in [0.25, 0.3) is 0 Å². The first-order chi connectivity index (χ1) is 7.16. The van der Waals surface area contributed by atoms with Crippen molar-refractivity contribution < 1.29 is 9.90 Å². The average Bonchev–Trinajstić information content (AvgIpc) is 2.17. The van der Waals surface area contributed by atoms with Crippen LogP contribution in [-0.2, 0) is 4.79 Å². The van der Waals surface area contributed by atoms with E-state index in [1.54, 1.807) is 6.08 Å². The van der Waals surface area contributed by atoms with E-state index in [0.29, 0.717) is 5.92 Å². The van der Waals surface area contributed by atoms with Crippen molar-refractivity contribution in [2.24, 2.45) is 5.92 Å². The van der Waals surface area contributed by atoms with Crippen LogP contribution in [0.5, 0.6) is 0 Å². The third kappa shape index (κ3) is 11.1. The van der Waals surface area contributed by atoms with E-state index in [-0.39, 0.29) is 0 Å². The minimum Gasteiger partial charge on any atom is -0.478 e. The monoisotopic (exact) mass is 212 g/mol. The molecule has 15 heavy (non-hydrogen) atoms.